The number of para-hydroxylation sites is 1. The van der Waals surface area contributed by atoms with Gasteiger partial charge in [-0.1, -0.05) is 52.8 Å². The molecule has 0 aliphatic heterocycles. The molecule has 0 aliphatic carbocycles. The Labute approximate surface area is 192 Å². The first-order valence-corrected chi connectivity index (χ1v) is 11.2. The Balaban J connectivity index is 1.51. The van der Waals surface area contributed by atoms with Gasteiger partial charge in [0.2, 0.25) is 11.7 Å². The van der Waals surface area contributed by atoms with Gasteiger partial charge in [0.25, 0.3) is 5.56 Å². The van der Waals surface area contributed by atoms with E-state index < -0.39 is 0 Å². The van der Waals surface area contributed by atoms with Crippen molar-refractivity contribution in [1.82, 2.24) is 19.7 Å². The first kappa shape index (κ1) is 20.5. The third-order valence-corrected chi connectivity index (χ3v) is 6.08. The number of nitrogens with zero attached hydrogens (tertiary/aromatic N) is 4. The molecule has 0 unspecified atom stereocenters. The van der Waals surface area contributed by atoms with Crippen molar-refractivity contribution in [2.45, 2.75) is 17.8 Å². The van der Waals surface area contributed by atoms with E-state index in [-0.39, 0.29) is 5.56 Å². The Kier molecular flexibility index (Phi) is 5.51. The fourth-order valence-corrected chi connectivity index (χ4v) is 4.34. The number of hydrogen-bond acceptors (Lipinski definition) is 6. The van der Waals surface area contributed by atoms with E-state index in [0.29, 0.717) is 38.5 Å². The number of rotatable bonds is 5. The first-order valence-electron chi connectivity index (χ1n) is 9.89. The monoisotopic (exact) mass is 460 g/mol. The summed E-state index contributed by atoms with van der Waals surface area (Å²) in [6.07, 6.45) is 0. The summed E-state index contributed by atoms with van der Waals surface area (Å²) in [6.45, 7) is 1.99. The topological polar surface area (TPSA) is 73.8 Å². The molecular weight excluding hydrogens is 444 g/mol. The van der Waals surface area contributed by atoms with Crippen LogP contribution >= 0.6 is 23.4 Å². The third-order valence-electron chi connectivity index (χ3n) is 4.90. The van der Waals surface area contributed by atoms with Gasteiger partial charge in [-0.05, 0) is 61.0 Å². The van der Waals surface area contributed by atoms with Gasteiger partial charge < -0.3 is 4.52 Å². The smallest absolute Gasteiger partial charge is 0.266 e. The van der Waals surface area contributed by atoms with Crippen molar-refractivity contribution in [2.24, 2.45) is 0 Å². The summed E-state index contributed by atoms with van der Waals surface area (Å²) >= 11 is 7.32. The summed E-state index contributed by atoms with van der Waals surface area (Å²) in [5, 5.41) is 5.83. The fourth-order valence-electron chi connectivity index (χ4n) is 3.36. The van der Waals surface area contributed by atoms with Crippen molar-refractivity contribution in [3.63, 3.8) is 0 Å². The van der Waals surface area contributed by atoms with Crippen molar-refractivity contribution < 1.29 is 4.52 Å². The summed E-state index contributed by atoms with van der Waals surface area (Å²) < 4.78 is 7.06. The van der Waals surface area contributed by atoms with E-state index in [9.17, 15) is 4.79 Å². The highest BCUT2D eigenvalue weighted by atomic mass is 35.5. The van der Waals surface area contributed by atoms with Crippen LogP contribution in [0.5, 0.6) is 0 Å². The van der Waals surface area contributed by atoms with E-state index in [1.165, 1.54) is 11.8 Å². The van der Waals surface area contributed by atoms with Gasteiger partial charge in [0.1, 0.15) is 0 Å². The number of benzene rings is 3. The summed E-state index contributed by atoms with van der Waals surface area (Å²) in [4.78, 5) is 22.6. The van der Waals surface area contributed by atoms with Crippen LogP contribution < -0.4 is 5.56 Å². The molecule has 3 aromatic carbocycles. The molecule has 0 N–H and O–H groups in total. The summed E-state index contributed by atoms with van der Waals surface area (Å²) in [7, 11) is 0. The maximum absolute atomic E-state index is 13.3. The molecule has 5 rings (SSSR count). The lowest BCUT2D eigenvalue weighted by Gasteiger charge is -2.13. The predicted octanol–water partition coefficient (Wildman–Crippen LogP) is 5.69. The standard InChI is InChI=1S/C24H17ClN4O2S/c1-15-5-4-6-18(13-15)29-23(30)19-7-2-3-8-20(19)26-24(29)32-14-21-27-22(28-31-21)16-9-11-17(25)12-10-16/h2-13H,14H2,1H3. The van der Waals surface area contributed by atoms with Gasteiger partial charge in [0.15, 0.2) is 5.16 Å². The molecule has 0 radical (unpaired) electrons. The van der Waals surface area contributed by atoms with Gasteiger partial charge in [-0.25, -0.2) is 4.98 Å². The zero-order chi connectivity index (χ0) is 22.1. The molecule has 0 spiro atoms. The van der Waals surface area contributed by atoms with Crippen LogP contribution in [0.2, 0.25) is 5.02 Å². The molecule has 0 saturated carbocycles. The zero-order valence-corrected chi connectivity index (χ0v) is 18.6. The number of thioether (sulfide) groups is 1. The average Bonchev–Trinajstić information content (AvgIpc) is 3.27. The lowest BCUT2D eigenvalue weighted by molar-refractivity contribution is 0.391. The Morgan fingerprint density at radius 1 is 1.00 bits per heavy atom. The van der Waals surface area contributed by atoms with Crippen LogP contribution in [0.4, 0.5) is 0 Å². The molecule has 8 heteroatoms. The molecule has 0 aliphatic rings. The predicted molar refractivity (Wildman–Crippen MR) is 126 cm³/mol. The molecule has 0 amide bonds. The minimum Gasteiger partial charge on any atom is -0.338 e. The molecule has 2 heterocycles. The minimum atomic E-state index is -0.115. The van der Waals surface area contributed by atoms with E-state index in [2.05, 4.69) is 10.1 Å². The van der Waals surface area contributed by atoms with E-state index in [0.717, 1.165) is 16.8 Å². The highest BCUT2D eigenvalue weighted by molar-refractivity contribution is 7.98. The average molecular weight is 461 g/mol. The van der Waals surface area contributed by atoms with Crippen LogP contribution in [0.15, 0.2) is 87.3 Å². The van der Waals surface area contributed by atoms with Gasteiger partial charge >= 0.3 is 0 Å². The Morgan fingerprint density at radius 3 is 2.62 bits per heavy atom. The zero-order valence-electron chi connectivity index (χ0n) is 17.0. The number of halogens is 1. The van der Waals surface area contributed by atoms with Crippen LogP contribution in [0.1, 0.15) is 11.5 Å². The minimum absolute atomic E-state index is 0.115. The molecule has 0 saturated heterocycles. The largest absolute Gasteiger partial charge is 0.338 e. The second kappa shape index (κ2) is 8.61. The number of fused-ring (bicyclic) bond motifs is 1. The maximum Gasteiger partial charge on any atom is 0.266 e. The van der Waals surface area contributed by atoms with Gasteiger partial charge in [-0.2, -0.15) is 4.98 Å². The van der Waals surface area contributed by atoms with Crippen molar-refractivity contribution in [3.05, 3.63) is 99.6 Å². The normalized spacial score (nSPS) is 11.2. The van der Waals surface area contributed by atoms with Crippen molar-refractivity contribution in [1.29, 1.82) is 0 Å². The van der Waals surface area contributed by atoms with Crippen LogP contribution in [0.25, 0.3) is 28.0 Å². The van der Waals surface area contributed by atoms with Crippen LogP contribution in [-0.2, 0) is 5.75 Å². The van der Waals surface area contributed by atoms with Gasteiger partial charge in [0, 0.05) is 10.6 Å². The SMILES string of the molecule is Cc1cccc(-n2c(SCc3nc(-c4ccc(Cl)cc4)no3)nc3ccccc3c2=O)c1. The number of aromatic nitrogens is 4. The van der Waals surface area contributed by atoms with Crippen LogP contribution in [0, 0.1) is 6.92 Å². The highest BCUT2D eigenvalue weighted by Gasteiger charge is 2.16. The van der Waals surface area contributed by atoms with Crippen LogP contribution in [0.3, 0.4) is 0 Å². The Bertz CT molecular complexity index is 1480. The molecule has 2 aromatic heterocycles. The Morgan fingerprint density at radius 2 is 1.81 bits per heavy atom. The number of hydrogen-bond donors (Lipinski definition) is 0. The summed E-state index contributed by atoms with van der Waals surface area (Å²) in [6, 6.07) is 22.4. The molecule has 6 nitrogen and oxygen atoms in total. The van der Waals surface area contributed by atoms with Crippen LogP contribution in [-0.4, -0.2) is 19.7 Å². The lowest BCUT2D eigenvalue weighted by atomic mass is 10.2. The molecule has 32 heavy (non-hydrogen) atoms. The molecule has 5 aromatic rings. The molecule has 0 bridgehead atoms. The molecule has 0 fully saturated rings. The Hall–Kier alpha value is -3.42. The number of aryl methyl sites for hydroxylation is 1. The van der Waals surface area contributed by atoms with E-state index in [1.54, 1.807) is 22.8 Å². The summed E-state index contributed by atoms with van der Waals surface area (Å²) in [5.74, 6) is 1.30. The van der Waals surface area contributed by atoms with Gasteiger partial charge in [0.05, 0.1) is 22.3 Å². The van der Waals surface area contributed by atoms with Gasteiger partial charge in [-0.15, -0.1) is 0 Å². The van der Waals surface area contributed by atoms with E-state index in [4.69, 9.17) is 21.1 Å². The molecular formula is C24H17ClN4O2S. The third kappa shape index (κ3) is 4.04. The fraction of sp³-hybridized carbons (Fsp3) is 0.0833. The lowest BCUT2D eigenvalue weighted by Crippen LogP contribution is -2.21. The maximum atomic E-state index is 13.3. The molecule has 0 atom stereocenters. The second-order valence-corrected chi connectivity index (χ2v) is 8.58. The van der Waals surface area contributed by atoms with E-state index >= 15 is 0 Å². The van der Waals surface area contributed by atoms with Crippen molar-refractivity contribution in [2.75, 3.05) is 0 Å². The second-order valence-electron chi connectivity index (χ2n) is 7.20. The first-order chi connectivity index (χ1) is 15.6. The molecule has 158 valence electrons. The highest BCUT2D eigenvalue weighted by Crippen LogP contribution is 2.26. The summed E-state index contributed by atoms with van der Waals surface area (Å²) in [5.41, 5.74) is 3.17. The van der Waals surface area contributed by atoms with Crippen molar-refractivity contribution in [3.8, 4) is 17.1 Å². The van der Waals surface area contributed by atoms with Gasteiger partial charge in [-0.3, -0.25) is 9.36 Å². The van der Waals surface area contributed by atoms with Crippen molar-refractivity contribution >= 4 is 34.3 Å². The van der Waals surface area contributed by atoms with E-state index in [1.807, 2.05) is 61.5 Å². The quantitative estimate of drug-likeness (QED) is 0.248.